The molecule has 31 heavy (non-hydrogen) atoms. The molecule has 0 saturated carbocycles. The van der Waals surface area contributed by atoms with E-state index in [1.807, 2.05) is 18.2 Å². The summed E-state index contributed by atoms with van der Waals surface area (Å²) in [6.45, 7) is 8.07. The highest BCUT2D eigenvalue weighted by Gasteiger charge is 2.33. The van der Waals surface area contributed by atoms with E-state index in [9.17, 15) is 8.42 Å². The first-order valence-electron chi connectivity index (χ1n) is 11.4. The van der Waals surface area contributed by atoms with E-state index in [0.29, 0.717) is 28.8 Å². The predicted molar refractivity (Wildman–Crippen MR) is 120 cm³/mol. The molecule has 0 bridgehead atoms. The van der Waals surface area contributed by atoms with E-state index in [-0.39, 0.29) is 0 Å². The van der Waals surface area contributed by atoms with E-state index in [1.54, 1.807) is 18.2 Å². The summed E-state index contributed by atoms with van der Waals surface area (Å²) in [7, 11) is -3.53. The molecule has 3 heterocycles. The second kappa shape index (κ2) is 8.81. The summed E-state index contributed by atoms with van der Waals surface area (Å²) in [5, 5.41) is 0. The van der Waals surface area contributed by atoms with Crippen molar-refractivity contribution in [1.82, 2.24) is 9.80 Å². The normalized spacial score (nSPS) is 19.2. The highest BCUT2D eigenvalue weighted by molar-refractivity contribution is 7.92. The molecule has 166 valence electrons. The molecule has 2 aromatic rings. The lowest BCUT2D eigenvalue weighted by Crippen LogP contribution is -2.38. The molecule has 2 saturated heterocycles. The zero-order valence-electron chi connectivity index (χ0n) is 17.9. The van der Waals surface area contributed by atoms with Gasteiger partial charge in [0.15, 0.2) is 0 Å². The Balaban J connectivity index is 1.24. The zero-order valence-corrected chi connectivity index (χ0v) is 18.7. The van der Waals surface area contributed by atoms with Crippen LogP contribution in [0, 0.1) is 0 Å². The van der Waals surface area contributed by atoms with E-state index in [2.05, 4.69) is 9.80 Å². The van der Waals surface area contributed by atoms with E-state index in [4.69, 9.17) is 9.47 Å². The third kappa shape index (κ3) is 4.31. The number of sulfone groups is 1. The van der Waals surface area contributed by atoms with Crippen LogP contribution in [0.15, 0.2) is 46.2 Å². The summed E-state index contributed by atoms with van der Waals surface area (Å²) in [5.74, 6) is 1.33. The van der Waals surface area contributed by atoms with Crippen molar-refractivity contribution in [3.8, 4) is 22.6 Å². The van der Waals surface area contributed by atoms with E-state index in [1.165, 1.54) is 39.0 Å². The summed E-state index contributed by atoms with van der Waals surface area (Å²) in [4.78, 5) is 5.50. The first kappa shape index (κ1) is 20.8. The number of ether oxygens (including phenoxy) is 2. The lowest BCUT2D eigenvalue weighted by Gasteiger charge is -2.30. The van der Waals surface area contributed by atoms with Gasteiger partial charge in [-0.2, -0.15) is 0 Å². The van der Waals surface area contributed by atoms with Crippen molar-refractivity contribution in [2.45, 2.75) is 35.5 Å². The van der Waals surface area contributed by atoms with Gasteiger partial charge in [0.2, 0.25) is 9.84 Å². The van der Waals surface area contributed by atoms with Crippen molar-refractivity contribution in [3.63, 3.8) is 0 Å². The monoisotopic (exact) mass is 442 g/mol. The van der Waals surface area contributed by atoms with Gasteiger partial charge in [-0.3, -0.25) is 0 Å². The van der Waals surface area contributed by atoms with Crippen molar-refractivity contribution < 1.29 is 17.9 Å². The number of hydrogen-bond acceptors (Lipinski definition) is 6. The summed E-state index contributed by atoms with van der Waals surface area (Å²) >= 11 is 0. The Kier molecular flexibility index (Phi) is 5.91. The van der Waals surface area contributed by atoms with Gasteiger partial charge in [-0.25, -0.2) is 8.42 Å². The second-order valence-electron chi connectivity index (χ2n) is 8.61. The number of likely N-dealkylation sites (tertiary alicyclic amines) is 2. The largest absolute Gasteiger partial charge is 0.494 e. The third-order valence-corrected chi connectivity index (χ3v) is 8.30. The topological polar surface area (TPSA) is 59.1 Å². The van der Waals surface area contributed by atoms with Crippen LogP contribution in [-0.2, 0) is 9.84 Å². The highest BCUT2D eigenvalue weighted by atomic mass is 32.2. The van der Waals surface area contributed by atoms with Crippen molar-refractivity contribution in [1.29, 1.82) is 0 Å². The highest BCUT2D eigenvalue weighted by Crippen LogP contribution is 2.45. The van der Waals surface area contributed by atoms with Crippen molar-refractivity contribution in [3.05, 3.63) is 36.4 Å². The lowest BCUT2D eigenvalue weighted by molar-refractivity contribution is 0.165. The first-order chi connectivity index (χ1) is 15.1. The lowest BCUT2D eigenvalue weighted by atomic mass is 10.1. The molecule has 0 aliphatic carbocycles. The molecule has 0 radical (unpaired) electrons. The molecule has 6 nitrogen and oxygen atoms in total. The van der Waals surface area contributed by atoms with Crippen molar-refractivity contribution in [2.24, 2.45) is 0 Å². The molecule has 0 N–H and O–H groups in total. The Morgan fingerprint density at radius 2 is 1.29 bits per heavy atom. The van der Waals surface area contributed by atoms with Gasteiger partial charge in [-0.1, -0.05) is 0 Å². The molecule has 7 heteroatoms. The van der Waals surface area contributed by atoms with Gasteiger partial charge in [0.05, 0.1) is 23.0 Å². The van der Waals surface area contributed by atoms with Crippen LogP contribution >= 0.6 is 0 Å². The Hall–Kier alpha value is -2.09. The molecule has 0 unspecified atom stereocenters. The van der Waals surface area contributed by atoms with Crippen LogP contribution in [-0.4, -0.2) is 70.7 Å². The fraction of sp³-hybridized carbons (Fsp3) is 0.500. The van der Waals surface area contributed by atoms with Crippen molar-refractivity contribution >= 4 is 9.84 Å². The average Bonchev–Trinajstić information content (AvgIpc) is 2.91. The van der Waals surface area contributed by atoms with E-state index >= 15 is 0 Å². The maximum Gasteiger partial charge on any atom is 0.207 e. The minimum atomic E-state index is -3.53. The quantitative estimate of drug-likeness (QED) is 0.448. The molecular formula is C24H30N2O4S. The fourth-order valence-electron chi connectivity index (χ4n) is 4.37. The summed E-state index contributed by atoms with van der Waals surface area (Å²) < 4.78 is 37.9. The maximum absolute atomic E-state index is 13.1. The third-order valence-electron chi connectivity index (χ3n) is 6.45. The smallest absolute Gasteiger partial charge is 0.207 e. The van der Waals surface area contributed by atoms with Gasteiger partial charge in [-0.05, 0) is 88.3 Å². The molecule has 3 aliphatic rings. The van der Waals surface area contributed by atoms with Gasteiger partial charge < -0.3 is 19.3 Å². The van der Waals surface area contributed by atoms with Gasteiger partial charge in [0.25, 0.3) is 0 Å². The standard InChI is InChI=1S/C24H30N2O4S/c27-31(28)23-8-6-19(29-15-3-13-25-9-1-10-25)17-22(23)21-7-5-20(18-24(21)31)30-16-4-14-26-11-2-12-26/h5-8,17-18H,1-4,9-16H2. The van der Waals surface area contributed by atoms with Gasteiger partial charge in [0, 0.05) is 24.2 Å². The number of benzene rings is 2. The molecule has 0 amide bonds. The molecule has 0 spiro atoms. The Labute approximate surface area is 184 Å². The van der Waals surface area contributed by atoms with Gasteiger partial charge in [-0.15, -0.1) is 0 Å². The SMILES string of the molecule is O=S1(=O)c2ccc(OCCCN3CCC3)cc2-c2ccc(OCCCN3CCC3)cc21. The van der Waals surface area contributed by atoms with Gasteiger partial charge in [0.1, 0.15) is 11.5 Å². The number of rotatable bonds is 10. The minimum Gasteiger partial charge on any atom is -0.494 e. The predicted octanol–water partition coefficient (Wildman–Crippen LogP) is 3.45. The molecule has 0 aromatic heterocycles. The number of hydrogen-bond donors (Lipinski definition) is 0. The van der Waals surface area contributed by atoms with Crippen LogP contribution in [0.3, 0.4) is 0 Å². The molecular weight excluding hydrogens is 412 g/mol. The summed E-state index contributed by atoms with van der Waals surface area (Å²) in [5.41, 5.74) is 1.45. The molecule has 0 atom stereocenters. The summed E-state index contributed by atoms with van der Waals surface area (Å²) in [6.07, 6.45) is 4.51. The van der Waals surface area contributed by atoms with Crippen LogP contribution < -0.4 is 9.47 Å². The molecule has 5 rings (SSSR count). The van der Waals surface area contributed by atoms with Crippen LogP contribution in [0.2, 0.25) is 0 Å². The Morgan fingerprint density at radius 1 is 0.710 bits per heavy atom. The van der Waals surface area contributed by atoms with E-state index < -0.39 is 9.84 Å². The molecule has 2 fully saturated rings. The average molecular weight is 443 g/mol. The van der Waals surface area contributed by atoms with Crippen LogP contribution in [0.5, 0.6) is 11.5 Å². The Bertz CT molecular complexity index is 1050. The van der Waals surface area contributed by atoms with Crippen molar-refractivity contribution in [2.75, 3.05) is 52.5 Å². The number of nitrogens with zero attached hydrogens (tertiary/aromatic N) is 2. The van der Waals surface area contributed by atoms with Gasteiger partial charge >= 0.3 is 0 Å². The second-order valence-corrected chi connectivity index (χ2v) is 10.5. The van der Waals surface area contributed by atoms with E-state index in [0.717, 1.165) is 42.8 Å². The number of fused-ring (bicyclic) bond motifs is 3. The maximum atomic E-state index is 13.1. The van der Waals surface area contributed by atoms with Crippen LogP contribution in [0.1, 0.15) is 25.7 Å². The first-order valence-corrected chi connectivity index (χ1v) is 12.8. The molecule has 2 aromatic carbocycles. The fourth-order valence-corrected chi connectivity index (χ4v) is 6.05. The summed E-state index contributed by atoms with van der Waals surface area (Å²) in [6, 6.07) is 10.7. The Morgan fingerprint density at radius 3 is 1.87 bits per heavy atom. The minimum absolute atomic E-state index is 0.331. The van der Waals surface area contributed by atoms with Crippen LogP contribution in [0.25, 0.3) is 11.1 Å². The zero-order chi connectivity index (χ0) is 21.3. The molecule has 3 aliphatic heterocycles. The van der Waals surface area contributed by atoms with Crippen LogP contribution in [0.4, 0.5) is 0 Å².